The summed E-state index contributed by atoms with van der Waals surface area (Å²) >= 11 is 0. The number of allylic oxidation sites excluding steroid dienone is 2. The lowest BCUT2D eigenvalue weighted by Crippen LogP contribution is -1.98. The van der Waals surface area contributed by atoms with Crippen LogP contribution in [0.15, 0.2) is 24.5 Å². The van der Waals surface area contributed by atoms with Gasteiger partial charge in [0.1, 0.15) is 0 Å². The molecule has 1 aliphatic carbocycles. The summed E-state index contributed by atoms with van der Waals surface area (Å²) < 4.78 is 0. The molecule has 1 aromatic rings. The van der Waals surface area contributed by atoms with Gasteiger partial charge in [-0.1, -0.05) is 6.08 Å². The van der Waals surface area contributed by atoms with Gasteiger partial charge in [-0.05, 0) is 24.5 Å². The van der Waals surface area contributed by atoms with Crippen LogP contribution in [0.3, 0.4) is 0 Å². The molecule has 10 heavy (non-hydrogen) atoms. The minimum atomic E-state index is 0.897. The van der Waals surface area contributed by atoms with E-state index in [1.54, 1.807) is 12.4 Å². The normalized spacial score (nSPS) is 15.8. The maximum Gasteiger partial charge on any atom is 0.154 e. The highest BCUT2D eigenvalue weighted by atomic mass is 14.9. The molecule has 2 rings (SSSR count). The molecule has 0 saturated heterocycles. The molecule has 2 heteroatoms. The van der Waals surface area contributed by atoms with Crippen LogP contribution in [0.25, 0.3) is 5.57 Å². The van der Waals surface area contributed by atoms with Gasteiger partial charge < -0.3 is 0 Å². The number of nitrogens with zero attached hydrogens (tertiary/aromatic N) is 2. The van der Waals surface area contributed by atoms with Gasteiger partial charge in [0.25, 0.3) is 0 Å². The molecule has 0 unspecified atom stereocenters. The number of hydrogen-bond donors (Lipinski definition) is 0. The lowest BCUT2D eigenvalue weighted by atomic mass is 9.98. The van der Waals surface area contributed by atoms with Crippen LogP contribution in [0.2, 0.25) is 0 Å². The summed E-state index contributed by atoms with van der Waals surface area (Å²) in [5.41, 5.74) is 1.29. The van der Waals surface area contributed by atoms with E-state index in [4.69, 9.17) is 0 Å². The number of aromatic nitrogens is 2. The van der Waals surface area contributed by atoms with Crippen molar-refractivity contribution in [2.24, 2.45) is 0 Å². The molecule has 0 atom stereocenters. The molecule has 1 heterocycles. The Morgan fingerprint density at radius 3 is 2.40 bits per heavy atom. The van der Waals surface area contributed by atoms with Crippen LogP contribution < -0.4 is 0 Å². The fourth-order valence-corrected chi connectivity index (χ4v) is 0.957. The first kappa shape index (κ1) is 5.59. The van der Waals surface area contributed by atoms with Gasteiger partial charge in [-0.15, -0.1) is 0 Å². The fourth-order valence-electron chi connectivity index (χ4n) is 0.957. The van der Waals surface area contributed by atoms with Gasteiger partial charge in [-0.2, -0.15) is 0 Å². The number of rotatable bonds is 1. The molecular weight excluding hydrogens is 124 g/mol. The van der Waals surface area contributed by atoms with Crippen LogP contribution in [-0.4, -0.2) is 9.97 Å². The first-order valence-corrected chi connectivity index (χ1v) is 3.43. The summed E-state index contributed by atoms with van der Waals surface area (Å²) in [5, 5.41) is 0. The molecule has 2 nitrogen and oxygen atoms in total. The van der Waals surface area contributed by atoms with Crippen molar-refractivity contribution in [2.45, 2.75) is 12.8 Å². The smallest absolute Gasteiger partial charge is 0.154 e. The van der Waals surface area contributed by atoms with E-state index in [0.29, 0.717) is 0 Å². The summed E-state index contributed by atoms with van der Waals surface area (Å²) in [6, 6.07) is 1.84. The van der Waals surface area contributed by atoms with Gasteiger partial charge in [-0.25, -0.2) is 9.97 Å². The van der Waals surface area contributed by atoms with E-state index in [0.717, 1.165) is 12.2 Å². The zero-order valence-electron chi connectivity index (χ0n) is 5.62. The average molecular weight is 132 g/mol. The Labute approximate surface area is 59.6 Å². The molecule has 0 radical (unpaired) electrons. The Bertz CT molecular complexity index is 251. The summed E-state index contributed by atoms with van der Waals surface area (Å²) in [5.74, 6) is 0.897. The highest BCUT2D eigenvalue weighted by molar-refractivity contribution is 5.64. The topological polar surface area (TPSA) is 25.8 Å². The summed E-state index contributed by atoms with van der Waals surface area (Å²) in [4.78, 5) is 8.24. The second kappa shape index (κ2) is 2.21. The maximum absolute atomic E-state index is 4.12. The molecule has 1 aliphatic rings. The van der Waals surface area contributed by atoms with Gasteiger partial charge >= 0.3 is 0 Å². The second-order valence-corrected chi connectivity index (χ2v) is 2.34. The predicted molar refractivity (Wildman–Crippen MR) is 39.2 cm³/mol. The largest absolute Gasteiger partial charge is 0.237 e. The van der Waals surface area contributed by atoms with E-state index in [2.05, 4.69) is 16.0 Å². The third-order valence-electron chi connectivity index (χ3n) is 1.66. The molecule has 50 valence electrons. The first-order chi connectivity index (χ1) is 4.97. The zero-order chi connectivity index (χ0) is 6.81. The van der Waals surface area contributed by atoms with Crippen LogP contribution >= 0.6 is 0 Å². The lowest BCUT2D eigenvalue weighted by Gasteiger charge is -2.11. The van der Waals surface area contributed by atoms with Crippen LogP contribution in [0.1, 0.15) is 18.7 Å². The second-order valence-electron chi connectivity index (χ2n) is 2.34. The summed E-state index contributed by atoms with van der Waals surface area (Å²) in [7, 11) is 0. The number of hydrogen-bond acceptors (Lipinski definition) is 2. The first-order valence-electron chi connectivity index (χ1n) is 3.43. The van der Waals surface area contributed by atoms with Crippen molar-refractivity contribution in [3.05, 3.63) is 30.4 Å². The summed E-state index contributed by atoms with van der Waals surface area (Å²) in [6.07, 6.45) is 8.07. The van der Waals surface area contributed by atoms with Crippen molar-refractivity contribution in [3.63, 3.8) is 0 Å². The minimum Gasteiger partial charge on any atom is -0.237 e. The van der Waals surface area contributed by atoms with E-state index >= 15 is 0 Å². The van der Waals surface area contributed by atoms with Crippen LogP contribution in [-0.2, 0) is 0 Å². The Morgan fingerprint density at radius 2 is 1.90 bits per heavy atom. The van der Waals surface area contributed by atoms with Gasteiger partial charge in [0, 0.05) is 12.4 Å². The van der Waals surface area contributed by atoms with Crippen molar-refractivity contribution in [1.82, 2.24) is 9.97 Å². The zero-order valence-corrected chi connectivity index (χ0v) is 5.62. The molecule has 0 aromatic carbocycles. The van der Waals surface area contributed by atoms with E-state index < -0.39 is 0 Å². The monoisotopic (exact) mass is 132 g/mol. The quantitative estimate of drug-likeness (QED) is 0.580. The molecule has 0 amide bonds. The molecule has 1 aromatic heterocycles. The predicted octanol–water partition coefficient (Wildman–Crippen LogP) is 1.65. The van der Waals surface area contributed by atoms with Crippen LogP contribution in [0, 0.1) is 0 Å². The lowest BCUT2D eigenvalue weighted by molar-refractivity contribution is 0.946. The van der Waals surface area contributed by atoms with Crippen molar-refractivity contribution in [2.75, 3.05) is 0 Å². The highest BCUT2D eigenvalue weighted by Crippen LogP contribution is 2.25. The molecule has 0 fully saturated rings. The average Bonchev–Trinajstić information content (AvgIpc) is 1.86. The van der Waals surface area contributed by atoms with Crippen LogP contribution in [0.4, 0.5) is 0 Å². The molecular formula is C8H8N2. The fraction of sp³-hybridized carbons (Fsp3) is 0.250. The van der Waals surface area contributed by atoms with Crippen LogP contribution in [0.5, 0.6) is 0 Å². The van der Waals surface area contributed by atoms with E-state index in [9.17, 15) is 0 Å². The van der Waals surface area contributed by atoms with Gasteiger partial charge in [0.05, 0.1) is 0 Å². The Hall–Kier alpha value is -1.18. The molecule has 0 spiro atoms. The van der Waals surface area contributed by atoms with Crippen molar-refractivity contribution < 1.29 is 0 Å². The maximum atomic E-state index is 4.12. The molecule has 0 saturated carbocycles. The van der Waals surface area contributed by atoms with Crippen molar-refractivity contribution in [3.8, 4) is 0 Å². The Kier molecular flexibility index (Phi) is 1.24. The van der Waals surface area contributed by atoms with E-state index in [1.807, 2.05) is 6.07 Å². The Morgan fingerprint density at radius 1 is 1.20 bits per heavy atom. The minimum absolute atomic E-state index is 0.897. The third kappa shape index (κ3) is 0.817. The van der Waals surface area contributed by atoms with E-state index in [-0.39, 0.29) is 0 Å². The third-order valence-corrected chi connectivity index (χ3v) is 1.66. The van der Waals surface area contributed by atoms with Gasteiger partial charge in [0.15, 0.2) is 5.82 Å². The van der Waals surface area contributed by atoms with Crippen molar-refractivity contribution >= 4 is 5.57 Å². The SMILES string of the molecule is C1=C(c2ncccn2)CC1. The standard InChI is InChI=1S/C8H8N2/c1-3-7(4-1)8-9-5-2-6-10-8/h2-3,5-6H,1,4H2. The van der Waals surface area contributed by atoms with Crippen molar-refractivity contribution in [1.29, 1.82) is 0 Å². The van der Waals surface area contributed by atoms with E-state index in [1.165, 1.54) is 12.0 Å². The molecule has 0 aliphatic heterocycles. The summed E-state index contributed by atoms with van der Waals surface area (Å²) in [6.45, 7) is 0. The molecule has 0 bridgehead atoms. The van der Waals surface area contributed by atoms with Gasteiger partial charge in [-0.3, -0.25) is 0 Å². The Balaban J connectivity index is 2.34. The highest BCUT2D eigenvalue weighted by Gasteiger charge is 2.09. The molecule has 0 N–H and O–H groups in total. The van der Waals surface area contributed by atoms with Gasteiger partial charge in [0.2, 0.25) is 0 Å².